The van der Waals surface area contributed by atoms with Gasteiger partial charge in [0.25, 0.3) is 5.89 Å². The van der Waals surface area contributed by atoms with Crippen molar-refractivity contribution in [3.8, 4) is 11.4 Å². The Morgan fingerprint density at radius 1 is 1.09 bits per heavy atom. The number of hydrogen-bond acceptors (Lipinski definition) is 5. The highest BCUT2D eigenvalue weighted by atomic mass is 35.5. The minimum absolute atomic E-state index is 0.235. The van der Waals surface area contributed by atoms with Gasteiger partial charge in [-0.25, -0.2) is 0 Å². The first-order valence-electron chi connectivity index (χ1n) is 10.5. The van der Waals surface area contributed by atoms with Gasteiger partial charge in [0.05, 0.1) is 18.2 Å². The van der Waals surface area contributed by atoms with E-state index < -0.39 is 0 Å². The van der Waals surface area contributed by atoms with Crippen LogP contribution in [0.3, 0.4) is 0 Å². The molecule has 0 aliphatic carbocycles. The molecule has 0 amide bonds. The Bertz CT molecular complexity index is 1310. The van der Waals surface area contributed by atoms with E-state index in [9.17, 15) is 0 Å². The number of aromatic nitrogens is 2. The van der Waals surface area contributed by atoms with Gasteiger partial charge in [0.15, 0.2) is 5.11 Å². The second-order valence-corrected chi connectivity index (χ2v) is 9.74. The monoisotopic (exact) mass is 492 g/mol. The van der Waals surface area contributed by atoms with E-state index in [-0.39, 0.29) is 6.04 Å². The average molecular weight is 493 g/mol. The van der Waals surface area contributed by atoms with Crippen LogP contribution in [-0.4, -0.2) is 20.2 Å². The maximum absolute atomic E-state index is 6.14. The van der Waals surface area contributed by atoms with Crippen molar-refractivity contribution in [2.24, 2.45) is 0 Å². The standard InChI is InChI=1S/C25H21ClN4OS2/c1-15-5-7-18(8-6-15)23-28-24(31-29-23)21-16(2)30(14-20-4-3-13-33-20)25(32)27-22(21)17-9-11-19(26)12-10-17/h3-13,22H,14H2,1-2H3,(H,27,32). The molecule has 1 aliphatic heterocycles. The first-order valence-corrected chi connectivity index (χ1v) is 12.1. The number of nitrogens with zero attached hydrogens (tertiary/aromatic N) is 3. The summed E-state index contributed by atoms with van der Waals surface area (Å²) < 4.78 is 5.80. The fraction of sp³-hybridized carbons (Fsp3) is 0.160. The zero-order valence-electron chi connectivity index (χ0n) is 18.1. The molecule has 166 valence electrons. The van der Waals surface area contributed by atoms with Crippen molar-refractivity contribution in [3.05, 3.63) is 98.7 Å². The van der Waals surface area contributed by atoms with Gasteiger partial charge in [-0.05, 0) is 55.2 Å². The molecule has 2 aromatic heterocycles. The van der Waals surface area contributed by atoms with Gasteiger partial charge in [-0.2, -0.15) is 4.98 Å². The minimum atomic E-state index is -0.235. The lowest BCUT2D eigenvalue weighted by Gasteiger charge is -2.37. The first kappa shape index (κ1) is 21.8. The number of hydrogen-bond donors (Lipinski definition) is 1. The highest BCUT2D eigenvalue weighted by Crippen LogP contribution is 2.38. The Morgan fingerprint density at radius 3 is 2.55 bits per heavy atom. The first-order chi connectivity index (χ1) is 16.0. The molecule has 5 nitrogen and oxygen atoms in total. The number of rotatable bonds is 5. The van der Waals surface area contributed by atoms with Crippen LogP contribution in [0.4, 0.5) is 0 Å². The summed E-state index contributed by atoms with van der Waals surface area (Å²) in [5.41, 5.74) is 4.98. The molecule has 1 aliphatic rings. The number of thiophene rings is 1. The van der Waals surface area contributed by atoms with Crippen LogP contribution < -0.4 is 5.32 Å². The van der Waals surface area contributed by atoms with Crippen LogP contribution in [0.15, 0.2) is 76.3 Å². The molecule has 0 spiro atoms. The maximum Gasteiger partial charge on any atom is 0.258 e. The quantitative estimate of drug-likeness (QED) is 0.316. The van der Waals surface area contributed by atoms with E-state index in [1.165, 1.54) is 10.4 Å². The lowest BCUT2D eigenvalue weighted by atomic mass is 9.95. The predicted octanol–water partition coefficient (Wildman–Crippen LogP) is 6.62. The van der Waals surface area contributed by atoms with Crippen LogP contribution in [0.2, 0.25) is 5.02 Å². The number of benzene rings is 2. The van der Waals surface area contributed by atoms with Crippen LogP contribution in [0.1, 0.15) is 34.9 Å². The molecule has 3 heterocycles. The Labute approximate surface area is 206 Å². The Hall–Kier alpha value is -3.00. The molecule has 0 saturated carbocycles. The molecular formula is C25H21ClN4OS2. The Balaban J connectivity index is 1.59. The molecule has 4 aromatic rings. The molecule has 1 unspecified atom stereocenters. The van der Waals surface area contributed by atoms with E-state index in [0.29, 0.717) is 28.4 Å². The molecule has 33 heavy (non-hydrogen) atoms. The van der Waals surface area contributed by atoms with Crippen LogP contribution in [0.25, 0.3) is 17.0 Å². The molecule has 8 heteroatoms. The van der Waals surface area contributed by atoms with Crippen LogP contribution in [-0.2, 0) is 6.54 Å². The van der Waals surface area contributed by atoms with Crippen LogP contribution in [0, 0.1) is 6.92 Å². The molecule has 0 radical (unpaired) electrons. The second kappa shape index (κ2) is 9.09. The molecular weight excluding hydrogens is 472 g/mol. The van der Waals surface area contributed by atoms with Gasteiger partial charge in [0.1, 0.15) is 0 Å². The number of allylic oxidation sites excluding steroid dienone is 1. The Kier molecular flexibility index (Phi) is 6.01. The van der Waals surface area contributed by atoms with Crippen molar-refractivity contribution in [1.29, 1.82) is 0 Å². The SMILES string of the molecule is CC1=C(c2nc(-c3ccc(C)cc3)no2)C(c2ccc(Cl)cc2)NC(=S)N1Cc1cccs1. The second-order valence-electron chi connectivity index (χ2n) is 7.89. The normalized spacial score (nSPS) is 16.3. The third-order valence-corrected chi connectivity index (χ3v) is 7.11. The summed E-state index contributed by atoms with van der Waals surface area (Å²) in [6, 6.07) is 19.7. The summed E-state index contributed by atoms with van der Waals surface area (Å²) in [6.45, 7) is 4.77. The number of aryl methyl sites for hydroxylation is 1. The summed E-state index contributed by atoms with van der Waals surface area (Å²) in [4.78, 5) is 8.06. The molecule has 2 aromatic carbocycles. The van der Waals surface area contributed by atoms with Crippen molar-refractivity contribution >= 4 is 45.8 Å². The van der Waals surface area contributed by atoms with Gasteiger partial charge >= 0.3 is 0 Å². The fourth-order valence-corrected chi connectivity index (χ4v) is 5.00. The van der Waals surface area contributed by atoms with Gasteiger partial charge in [-0.15, -0.1) is 11.3 Å². The maximum atomic E-state index is 6.14. The summed E-state index contributed by atoms with van der Waals surface area (Å²) in [5, 5.41) is 11.2. The average Bonchev–Trinajstić information content (AvgIpc) is 3.50. The number of halogens is 1. The number of thiocarbonyl (C=S) groups is 1. The lowest BCUT2D eigenvalue weighted by molar-refractivity contribution is 0.396. The van der Waals surface area contributed by atoms with E-state index in [1.54, 1.807) is 11.3 Å². The van der Waals surface area contributed by atoms with E-state index in [0.717, 1.165) is 22.4 Å². The van der Waals surface area contributed by atoms with Gasteiger partial charge in [0.2, 0.25) is 5.82 Å². The van der Waals surface area contributed by atoms with E-state index in [4.69, 9.17) is 33.3 Å². The lowest BCUT2D eigenvalue weighted by Crippen LogP contribution is -2.45. The summed E-state index contributed by atoms with van der Waals surface area (Å²) in [5.74, 6) is 1.02. The van der Waals surface area contributed by atoms with Gasteiger partial charge in [0, 0.05) is 21.2 Å². The smallest absolute Gasteiger partial charge is 0.258 e. The third-order valence-electron chi connectivity index (χ3n) is 5.66. The van der Waals surface area contributed by atoms with Crippen LogP contribution in [0.5, 0.6) is 0 Å². The van der Waals surface area contributed by atoms with Crippen molar-refractivity contribution in [2.75, 3.05) is 0 Å². The fourth-order valence-electron chi connectivity index (χ4n) is 3.87. The molecule has 0 bridgehead atoms. The van der Waals surface area contributed by atoms with Crippen molar-refractivity contribution in [1.82, 2.24) is 20.4 Å². The van der Waals surface area contributed by atoms with Gasteiger partial charge in [-0.1, -0.05) is 64.8 Å². The Morgan fingerprint density at radius 2 is 1.85 bits per heavy atom. The van der Waals surface area contributed by atoms with Gasteiger partial charge in [-0.3, -0.25) is 0 Å². The predicted molar refractivity (Wildman–Crippen MR) is 137 cm³/mol. The topological polar surface area (TPSA) is 54.2 Å². The zero-order valence-corrected chi connectivity index (χ0v) is 20.5. The van der Waals surface area contributed by atoms with Crippen molar-refractivity contribution in [3.63, 3.8) is 0 Å². The number of nitrogens with one attached hydrogen (secondary N) is 1. The summed E-state index contributed by atoms with van der Waals surface area (Å²) in [6.07, 6.45) is 0. The highest BCUT2D eigenvalue weighted by molar-refractivity contribution is 7.80. The molecule has 0 saturated heterocycles. The minimum Gasteiger partial charge on any atom is -0.351 e. The van der Waals surface area contributed by atoms with Crippen molar-refractivity contribution in [2.45, 2.75) is 26.4 Å². The zero-order chi connectivity index (χ0) is 22.9. The third kappa shape index (κ3) is 4.44. The molecule has 0 fully saturated rings. The van der Waals surface area contributed by atoms with E-state index >= 15 is 0 Å². The largest absolute Gasteiger partial charge is 0.351 e. The van der Waals surface area contributed by atoms with E-state index in [2.05, 4.69) is 40.7 Å². The highest BCUT2D eigenvalue weighted by Gasteiger charge is 2.34. The molecule has 5 rings (SSSR count). The van der Waals surface area contributed by atoms with Gasteiger partial charge < -0.3 is 14.7 Å². The van der Waals surface area contributed by atoms with E-state index in [1.807, 2.05) is 54.6 Å². The molecule has 1 N–H and O–H groups in total. The van der Waals surface area contributed by atoms with Crippen molar-refractivity contribution < 1.29 is 4.52 Å². The summed E-state index contributed by atoms with van der Waals surface area (Å²) in [7, 11) is 0. The molecule has 1 atom stereocenters. The van der Waals surface area contributed by atoms with Crippen LogP contribution >= 0.6 is 35.2 Å². The summed E-state index contributed by atoms with van der Waals surface area (Å²) >= 11 is 13.6.